The lowest BCUT2D eigenvalue weighted by Gasteiger charge is -2.29. The number of fused-ring (bicyclic) bond motifs is 13. The number of primary amides is 1. The molecule has 0 aromatic heterocycles. The highest BCUT2D eigenvalue weighted by atomic mass is 19.1. The van der Waals surface area contributed by atoms with Gasteiger partial charge in [-0.05, 0) is 67.5 Å². The van der Waals surface area contributed by atoms with Gasteiger partial charge in [0.05, 0.1) is 25.2 Å². The summed E-state index contributed by atoms with van der Waals surface area (Å²) in [4.78, 5) is 37.4. The van der Waals surface area contributed by atoms with Gasteiger partial charge in [-0.3, -0.25) is 14.4 Å². The van der Waals surface area contributed by atoms with Crippen molar-refractivity contribution in [3.05, 3.63) is 65.0 Å². The second-order valence-electron chi connectivity index (χ2n) is 10.4. The van der Waals surface area contributed by atoms with E-state index in [1.54, 1.807) is 6.07 Å². The molecule has 1 aliphatic carbocycles. The first-order chi connectivity index (χ1) is 19.2. The van der Waals surface area contributed by atoms with E-state index in [1.165, 1.54) is 12.1 Å². The van der Waals surface area contributed by atoms with E-state index in [2.05, 4.69) is 21.9 Å². The number of amides is 3. The maximum Gasteiger partial charge on any atom is 0.243 e. The number of hydrogen-bond acceptors (Lipinski definition) is 6. The standard InChI is InChI=1S/C30H35FN4O5/c1-2-19-6-5-7-21(14-19)30(11-12-30)33-18-25(36)23-16-20-9-10-26(22(31)15-20)40-13-4-3-8-28(38)34-24(17-27(32)37)29(39)35-23/h1,5-7,9-10,14-15,23-25,33,36H,3-4,8,11-13,16-18H2,(H2,32,37)(H,34,38)(H,35,39)/t23-,24?,25+/m0/s1. The molecule has 2 aromatic rings. The first-order valence-corrected chi connectivity index (χ1v) is 13.5. The maximum atomic E-state index is 14.8. The van der Waals surface area contributed by atoms with Gasteiger partial charge in [-0.25, -0.2) is 4.39 Å². The molecule has 3 amide bonds. The normalized spacial score (nSPS) is 21.8. The van der Waals surface area contributed by atoms with E-state index >= 15 is 0 Å². The molecule has 9 nitrogen and oxygen atoms in total. The number of ether oxygens (including phenoxy) is 1. The Morgan fingerprint density at radius 1 is 1.23 bits per heavy atom. The zero-order valence-electron chi connectivity index (χ0n) is 22.3. The number of carbonyl (C=O) groups excluding carboxylic acids is 3. The topological polar surface area (TPSA) is 143 Å². The van der Waals surface area contributed by atoms with E-state index in [-0.39, 0.29) is 37.3 Å². The highest BCUT2D eigenvalue weighted by molar-refractivity contribution is 5.91. The van der Waals surface area contributed by atoms with Gasteiger partial charge in [0.15, 0.2) is 11.6 Å². The molecule has 3 atom stereocenters. The van der Waals surface area contributed by atoms with Crippen LogP contribution in [0.5, 0.6) is 5.75 Å². The molecular weight excluding hydrogens is 515 g/mol. The Morgan fingerprint density at radius 3 is 2.73 bits per heavy atom. The Hall–Kier alpha value is -3.94. The van der Waals surface area contributed by atoms with Crippen molar-refractivity contribution in [1.82, 2.24) is 16.0 Å². The average Bonchev–Trinajstić information content (AvgIpc) is 3.72. The van der Waals surface area contributed by atoms with Crippen molar-refractivity contribution in [2.75, 3.05) is 13.2 Å². The Labute approximate surface area is 233 Å². The van der Waals surface area contributed by atoms with Crippen molar-refractivity contribution in [3.63, 3.8) is 0 Å². The summed E-state index contributed by atoms with van der Waals surface area (Å²) in [5.41, 5.74) is 7.30. The Morgan fingerprint density at radius 2 is 2.02 bits per heavy atom. The number of rotatable bonds is 7. The molecule has 2 aromatic carbocycles. The van der Waals surface area contributed by atoms with Crippen molar-refractivity contribution in [2.45, 2.75) is 68.7 Å². The Kier molecular flexibility index (Phi) is 9.40. The van der Waals surface area contributed by atoms with Crippen molar-refractivity contribution >= 4 is 17.7 Å². The minimum atomic E-state index is -1.21. The number of nitrogens with one attached hydrogen (secondary N) is 3. The summed E-state index contributed by atoms with van der Waals surface area (Å²) in [7, 11) is 0. The fourth-order valence-electron chi connectivity index (χ4n) is 4.90. The van der Waals surface area contributed by atoms with Gasteiger partial charge >= 0.3 is 0 Å². The molecule has 2 aliphatic heterocycles. The monoisotopic (exact) mass is 550 g/mol. The van der Waals surface area contributed by atoms with Crippen molar-refractivity contribution in [2.24, 2.45) is 5.73 Å². The molecule has 2 heterocycles. The third kappa shape index (κ3) is 7.58. The number of benzene rings is 2. The second kappa shape index (κ2) is 12.9. The van der Waals surface area contributed by atoms with Gasteiger partial charge in [0.1, 0.15) is 6.04 Å². The number of terminal acetylenes is 1. The highest BCUT2D eigenvalue weighted by Gasteiger charge is 2.44. The van der Waals surface area contributed by atoms with Gasteiger partial charge in [0.2, 0.25) is 17.7 Å². The first-order valence-electron chi connectivity index (χ1n) is 13.5. The summed E-state index contributed by atoms with van der Waals surface area (Å²) in [6, 6.07) is 10.1. The van der Waals surface area contributed by atoms with E-state index in [4.69, 9.17) is 16.9 Å². The van der Waals surface area contributed by atoms with Crippen LogP contribution in [-0.4, -0.2) is 54.2 Å². The minimum absolute atomic E-state index is 0.0859. The summed E-state index contributed by atoms with van der Waals surface area (Å²) in [5.74, 6) is 0.323. The van der Waals surface area contributed by atoms with Crippen LogP contribution >= 0.6 is 0 Å². The molecule has 5 rings (SSSR count). The predicted molar refractivity (Wildman–Crippen MR) is 146 cm³/mol. The molecule has 1 unspecified atom stereocenters. The number of halogens is 1. The quantitative estimate of drug-likeness (QED) is 0.330. The molecule has 0 radical (unpaired) electrons. The fourth-order valence-corrected chi connectivity index (χ4v) is 4.90. The lowest BCUT2D eigenvalue weighted by molar-refractivity contribution is -0.132. The van der Waals surface area contributed by atoms with E-state index in [1.807, 2.05) is 24.3 Å². The molecular formula is C30H35FN4O5. The summed E-state index contributed by atoms with van der Waals surface area (Å²) >= 11 is 0. The van der Waals surface area contributed by atoms with Gasteiger partial charge in [-0.1, -0.05) is 24.1 Å². The summed E-state index contributed by atoms with van der Waals surface area (Å²) in [6.07, 6.45) is 6.87. The van der Waals surface area contributed by atoms with Gasteiger partial charge in [-0.2, -0.15) is 0 Å². The van der Waals surface area contributed by atoms with Crippen LogP contribution in [0.3, 0.4) is 0 Å². The van der Waals surface area contributed by atoms with Crippen molar-refractivity contribution in [1.29, 1.82) is 0 Å². The molecule has 1 fully saturated rings. The first kappa shape index (κ1) is 29.1. The lowest BCUT2D eigenvalue weighted by Crippen LogP contribution is -2.56. The fraction of sp³-hybridized carbons (Fsp3) is 0.433. The summed E-state index contributed by atoms with van der Waals surface area (Å²) < 4.78 is 20.3. The third-order valence-corrected chi connectivity index (χ3v) is 7.34. The predicted octanol–water partition coefficient (Wildman–Crippen LogP) is 1.40. The van der Waals surface area contributed by atoms with E-state index < -0.39 is 48.1 Å². The number of nitrogens with two attached hydrogens (primary N) is 1. The van der Waals surface area contributed by atoms with Crippen molar-refractivity contribution < 1.29 is 28.6 Å². The van der Waals surface area contributed by atoms with Gasteiger partial charge in [0.25, 0.3) is 0 Å². The lowest BCUT2D eigenvalue weighted by atomic mass is 9.98. The van der Waals surface area contributed by atoms with Crippen LogP contribution in [0.2, 0.25) is 0 Å². The number of hydrogen-bond donors (Lipinski definition) is 5. The van der Waals surface area contributed by atoms with Crippen LogP contribution in [0.1, 0.15) is 55.2 Å². The van der Waals surface area contributed by atoms with Crippen LogP contribution in [0.25, 0.3) is 0 Å². The highest BCUT2D eigenvalue weighted by Crippen LogP contribution is 2.45. The Balaban J connectivity index is 1.55. The molecule has 0 saturated heterocycles. The van der Waals surface area contributed by atoms with Crippen molar-refractivity contribution in [3.8, 4) is 18.1 Å². The summed E-state index contributed by atoms with van der Waals surface area (Å²) in [6.45, 7) is 0.329. The second-order valence-corrected chi connectivity index (χ2v) is 10.4. The van der Waals surface area contributed by atoms with Gasteiger partial charge in [0, 0.05) is 24.1 Å². The SMILES string of the molecule is C#Cc1cccc(C2(NC[C@@H](O)[C@@H]3Cc4ccc(c(F)c4)OCCCCC(=O)NC(CC(N)=O)C(=O)N3)CC2)c1. The number of carbonyl (C=O) groups is 3. The van der Waals surface area contributed by atoms with E-state index in [9.17, 15) is 23.9 Å². The molecule has 2 bridgehead atoms. The molecule has 40 heavy (non-hydrogen) atoms. The van der Waals surface area contributed by atoms with Crippen LogP contribution in [-0.2, 0) is 26.3 Å². The molecule has 3 aliphatic rings. The molecule has 0 spiro atoms. The van der Waals surface area contributed by atoms with Crippen LogP contribution in [0.4, 0.5) is 4.39 Å². The molecule has 10 heteroatoms. The zero-order valence-corrected chi connectivity index (χ0v) is 22.3. The van der Waals surface area contributed by atoms with E-state index in [0.29, 0.717) is 18.4 Å². The summed E-state index contributed by atoms with van der Waals surface area (Å²) in [5, 5.41) is 20.0. The number of aliphatic hydroxyl groups excluding tert-OH is 1. The van der Waals surface area contributed by atoms with Crippen LogP contribution < -0.4 is 26.4 Å². The van der Waals surface area contributed by atoms with Gasteiger partial charge < -0.3 is 31.5 Å². The zero-order chi connectivity index (χ0) is 28.7. The number of aliphatic hydroxyl groups is 1. The average molecular weight is 551 g/mol. The Bertz CT molecular complexity index is 1290. The smallest absolute Gasteiger partial charge is 0.243 e. The molecule has 1 saturated carbocycles. The van der Waals surface area contributed by atoms with Crippen LogP contribution in [0.15, 0.2) is 42.5 Å². The van der Waals surface area contributed by atoms with Gasteiger partial charge in [-0.15, -0.1) is 6.42 Å². The maximum absolute atomic E-state index is 14.8. The third-order valence-electron chi connectivity index (χ3n) is 7.34. The largest absolute Gasteiger partial charge is 0.491 e. The molecule has 212 valence electrons. The molecule has 6 N–H and O–H groups in total. The van der Waals surface area contributed by atoms with E-state index in [0.717, 1.165) is 24.0 Å². The van der Waals surface area contributed by atoms with Crippen LogP contribution in [0, 0.1) is 18.2 Å². The minimum Gasteiger partial charge on any atom is -0.491 e.